The summed E-state index contributed by atoms with van der Waals surface area (Å²) >= 11 is 0. The number of hydrogen-bond donors (Lipinski definition) is 0. The number of nitrogens with zero attached hydrogens (tertiary/aromatic N) is 9. The van der Waals surface area contributed by atoms with Gasteiger partial charge in [-0.05, 0) is 246 Å². The zero-order valence-electron chi connectivity index (χ0n) is 72.6. The molecule has 16 heteroatoms. The van der Waals surface area contributed by atoms with Crippen molar-refractivity contribution in [3.8, 4) is 78.6 Å². The van der Waals surface area contributed by atoms with Crippen LogP contribution in [0.3, 0.4) is 0 Å². The first-order valence-electron chi connectivity index (χ1n) is 41.9. The summed E-state index contributed by atoms with van der Waals surface area (Å²) in [5, 5.41) is 0. The molecule has 4 aliphatic heterocycles. The first kappa shape index (κ1) is 84.0. The molecule has 4 aliphatic rings. The first-order chi connectivity index (χ1) is 59.6. The molecule has 0 atom stereocenters. The van der Waals surface area contributed by atoms with Crippen molar-refractivity contribution in [1.82, 2.24) is 0 Å². The zero-order chi connectivity index (χ0) is 86.4. The van der Waals surface area contributed by atoms with Crippen LogP contribution in [0, 0.1) is 49.7 Å². The van der Waals surface area contributed by atoms with Crippen molar-refractivity contribution in [1.29, 1.82) is 0 Å². The van der Waals surface area contributed by atoms with E-state index >= 15 is 8.78 Å². The number of halogens is 3. The summed E-state index contributed by atoms with van der Waals surface area (Å²) < 4.78 is 65.9. The molecule has 18 rings (SSSR count). The fourth-order valence-corrected chi connectivity index (χ4v) is 17.1. The lowest BCUT2D eigenvalue weighted by atomic mass is 9.92. The van der Waals surface area contributed by atoms with Gasteiger partial charge in [-0.3, -0.25) is 0 Å². The Bertz CT molecular complexity index is 6230. The van der Waals surface area contributed by atoms with Crippen molar-refractivity contribution in [2.24, 2.45) is 11.8 Å². The minimum absolute atomic E-state index is 0.0483. The molecular weight excluding hydrogens is 1530 g/mol. The maximum atomic E-state index is 15.2. The van der Waals surface area contributed by atoms with Gasteiger partial charge in [-0.15, -0.1) is 0 Å². The van der Waals surface area contributed by atoms with Gasteiger partial charge in [0.1, 0.15) is 47.1 Å². The van der Waals surface area contributed by atoms with Gasteiger partial charge >= 0.3 is 0 Å². The molecule has 0 radical (unpaired) electrons. The lowest BCUT2D eigenvalue weighted by molar-refractivity contribution is 0.303. The third-order valence-corrected chi connectivity index (χ3v) is 23.2. The van der Waals surface area contributed by atoms with E-state index in [1.54, 1.807) is 39.5 Å². The fraction of sp³-hybridized carbons (Fsp3) is 0.206. The van der Waals surface area contributed by atoms with Crippen LogP contribution in [0.4, 0.5) is 110 Å². The van der Waals surface area contributed by atoms with E-state index in [0.717, 1.165) is 117 Å². The Balaban J connectivity index is 0.000000128. The number of ether oxygens (including phenoxy) is 4. The van der Waals surface area contributed by atoms with Gasteiger partial charge in [0.2, 0.25) is 0 Å². The first-order valence-corrected chi connectivity index (χ1v) is 41.9. The number of rotatable bonds is 17. The third-order valence-electron chi connectivity index (χ3n) is 23.2. The van der Waals surface area contributed by atoms with Gasteiger partial charge in [0.05, 0.1) is 124 Å². The molecule has 0 unspecified atom stereocenters. The predicted molar refractivity (Wildman–Crippen MR) is 506 cm³/mol. The molecule has 0 N–H and O–H groups in total. The van der Waals surface area contributed by atoms with E-state index in [1.165, 1.54) is 91.3 Å². The summed E-state index contributed by atoms with van der Waals surface area (Å²) in [6.45, 7) is 28.8. The zero-order valence-corrected chi connectivity index (χ0v) is 72.6. The molecule has 0 bridgehead atoms. The Morgan fingerprint density at radius 1 is 0.325 bits per heavy atom. The second kappa shape index (κ2) is 36.5. The lowest BCUT2D eigenvalue weighted by Crippen LogP contribution is -2.33. The molecule has 0 saturated carbocycles. The Morgan fingerprint density at radius 3 is 1.24 bits per heavy atom. The van der Waals surface area contributed by atoms with Crippen LogP contribution in [0.25, 0.3) is 60.5 Å². The number of para-hydroxylation sites is 4. The third kappa shape index (κ3) is 17.1. The van der Waals surface area contributed by atoms with Crippen LogP contribution >= 0.6 is 0 Å². The van der Waals surface area contributed by atoms with E-state index in [2.05, 4.69) is 272 Å². The monoisotopic (exact) mass is 1640 g/mol. The van der Waals surface area contributed by atoms with E-state index < -0.39 is 11.6 Å². The van der Waals surface area contributed by atoms with Crippen molar-refractivity contribution in [3.63, 3.8) is 0 Å². The Hall–Kier alpha value is -14.0. The van der Waals surface area contributed by atoms with Gasteiger partial charge in [0.25, 0.3) is 0 Å². The minimum atomic E-state index is -0.644. The lowest BCUT2D eigenvalue weighted by Gasteiger charge is -2.42. The van der Waals surface area contributed by atoms with Gasteiger partial charge in [0.15, 0.2) is 5.69 Å². The number of aryl methyl sites for hydroxylation is 2. The molecular formula is C107H104F3N9O4. The molecule has 14 aromatic rings. The molecule has 0 spiro atoms. The number of benzene rings is 14. The molecule has 4 heterocycles. The molecule has 14 aromatic carbocycles. The summed E-state index contributed by atoms with van der Waals surface area (Å²) in [6, 6.07) is 94.6. The highest BCUT2D eigenvalue weighted by Crippen LogP contribution is 2.55. The van der Waals surface area contributed by atoms with E-state index in [9.17, 15) is 4.39 Å². The molecule has 622 valence electrons. The van der Waals surface area contributed by atoms with Crippen molar-refractivity contribution in [2.75, 3.05) is 115 Å². The largest absolute Gasteiger partial charge is 0.498 e. The summed E-state index contributed by atoms with van der Waals surface area (Å²) in [5.74, 6) is 2.17. The van der Waals surface area contributed by atoms with Crippen LogP contribution in [0.5, 0.6) is 23.0 Å². The summed E-state index contributed by atoms with van der Waals surface area (Å²) in [6.07, 6.45) is 0. The molecule has 0 aromatic heterocycles. The van der Waals surface area contributed by atoms with Crippen molar-refractivity contribution < 1.29 is 32.1 Å². The highest BCUT2D eigenvalue weighted by molar-refractivity contribution is 6.00. The summed E-state index contributed by atoms with van der Waals surface area (Å²) in [7, 11) is 13.2. The smallest absolute Gasteiger partial charge is 0.198 e. The standard InChI is InChI=1S/C33H36N2O.C29H26F2N2O.C23H21N3O.C22H21FN2O/c1-23(2)21-34-30-13-9-10-14-31(30)35(22-24(3)4)33-19-26(15-18-32(33)34)28-17-16-27(36-5)20-29(28)25-11-7-6-8-12-25;1-3-32-25-12-8-9-13-26(25)33(4-2)28-16-21(14-15-27(28)32)29-23(30)17-22(18-24(29)31)34-19-20-10-6-5-7-11-20;1-15-6-10-20-22(12-15)25(3)21-11-7-16(13-23(21)26(20)4)18-9-8-17(27-5)14-19(18)24-2;1-14-11-17(26-4)7-8-18(14)15-5-9-19-21(12-15)24(2)20-10-6-16(23)13-22(20)25(19)3/h6-20,23-24H,21-22H2,1-5H3;5-18H,3-4,19H2,1-2H3;6-14H,1,3-5H3;5-13H,1-4H3. The topological polar surface area (TPSA) is 67.2 Å². The van der Waals surface area contributed by atoms with E-state index in [-0.39, 0.29) is 23.7 Å². The maximum absolute atomic E-state index is 15.2. The number of methoxy groups -OCH3 is 3. The van der Waals surface area contributed by atoms with Gasteiger partial charge in [-0.2, -0.15) is 0 Å². The van der Waals surface area contributed by atoms with Crippen molar-refractivity contribution >= 4 is 96.7 Å². The molecule has 0 saturated heterocycles. The van der Waals surface area contributed by atoms with Crippen molar-refractivity contribution in [2.45, 2.75) is 62.0 Å². The maximum Gasteiger partial charge on any atom is 0.198 e. The fourth-order valence-electron chi connectivity index (χ4n) is 17.1. The SMILES string of the molecule is CCN1c2ccccc2N(CC)c2cc(-c3c(F)cc(OCc4ccccc4)cc3F)ccc21.COc1ccc(-c2ccc3c(c2)N(C)c2ccc(F)cc2N3C)c(C)c1.COc1ccc(-c2ccc3c(c2)N(CC(C)C)c2ccccc2N3CC(C)C)c(-c2ccccc2)c1.[C-]#[N+]c1cc(OC)ccc1-c1ccc2c(c1)N(C)c1ccc(C)cc1N2C. The van der Waals surface area contributed by atoms with E-state index in [0.29, 0.717) is 28.8 Å². The van der Waals surface area contributed by atoms with Crippen LogP contribution in [0.15, 0.2) is 285 Å². The van der Waals surface area contributed by atoms with Crippen LogP contribution < -0.4 is 58.1 Å². The van der Waals surface area contributed by atoms with E-state index in [4.69, 9.17) is 25.5 Å². The number of anilines is 16. The average molecular weight is 1640 g/mol. The molecule has 0 aliphatic carbocycles. The second-order valence-corrected chi connectivity index (χ2v) is 32.1. The molecule has 0 amide bonds. The van der Waals surface area contributed by atoms with Crippen LogP contribution in [-0.4, -0.2) is 75.7 Å². The van der Waals surface area contributed by atoms with Gasteiger partial charge < -0.3 is 58.1 Å². The molecule has 123 heavy (non-hydrogen) atoms. The van der Waals surface area contributed by atoms with Gasteiger partial charge in [0, 0.05) is 66.5 Å². The average Bonchev–Trinajstić information content (AvgIpc) is 0.761. The minimum Gasteiger partial charge on any atom is -0.498 e. The summed E-state index contributed by atoms with van der Waals surface area (Å²) in [5.41, 5.74) is 31.4. The Morgan fingerprint density at radius 2 is 0.715 bits per heavy atom. The molecule has 0 fully saturated rings. The Kier molecular flexibility index (Phi) is 24.9. The van der Waals surface area contributed by atoms with Gasteiger partial charge in [-0.25, -0.2) is 18.0 Å². The van der Waals surface area contributed by atoms with Crippen molar-refractivity contribution in [3.05, 3.63) is 331 Å². The highest BCUT2D eigenvalue weighted by Gasteiger charge is 2.33. The van der Waals surface area contributed by atoms with E-state index in [1.807, 2.05) is 104 Å². The normalized spacial score (nSPS) is 12.5. The highest BCUT2D eigenvalue weighted by atomic mass is 19.1. The summed E-state index contributed by atoms with van der Waals surface area (Å²) in [4.78, 5) is 21.7. The van der Waals surface area contributed by atoms with Crippen LogP contribution in [0.1, 0.15) is 58.2 Å². The predicted octanol–water partition coefficient (Wildman–Crippen LogP) is 28.5. The quantitative estimate of drug-likeness (QED) is 0.0816. The number of hydrogen-bond acceptors (Lipinski definition) is 12. The molecule has 13 nitrogen and oxygen atoms in total. The van der Waals surface area contributed by atoms with Crippen LogP contribution in [-0.2, 0) is 6.61 Å². The second-order valence-electron chi connectivity index (χ2n) is 32.1. The Labute approximate surface area is 722 Å². The van der Waals surface area contributed by atoms with Crippen LogP contribution in [0.2, 0.25) is 0 Å². The number of fused-ring (bicyclic) bond motifs is 8. The van der Waals surface area contributed by atoms with Gasteiger partial charge in [-0.1, -0.05) is 161 Å².